The zero-order valence-electron chi connectivity index (χ0n) is 15.5. The molecule has 2 unspecified atom stereocenters. The van der Waals surface area contributed by atoms with Crippen molar-refractivity contribution in [2.75, 3.05) is 6.61 Å². The molecule has 0 aromatic carbocycles. The molecule has 148 valence electrons. The van der Waals surface area contributed by atoms with Crippen LogP contribution in [0.25, 0.3) is 0 Å². The van der Waals surface area contributed by atoms with Crippen LogP contribution in [-0.2, 0) is 28.7 Å². The zero-order valence-corrected chi connectivity index (χ0v) is 16.3. The number of carbonyl (C=O) groups excluding carboxylic acids is 1. The number of alkyl halides is 2. The van der Waals surface area contributed by atoms with Gasteiger partial charge in [0.1, 0.15) is 12.4 Å². The van der Waals surface area contributed by atoms with Gasteiger partial charge in [-0.3, -0.25) is 0 Å². The maximum Gasteiger partial charge on any atom is 0.343 e. The van der Waals surface area contributed by atoms with Crippen molar-refractivity contribution in [3.63, 3.8) is 0 Å². The van der Waals surface area contributed by atoms with Crippen molar-refractivity contribution >= 4 is 17.3 Å². The van der Waals surface area contributed by atoms with Crippen LogP contribution in [0.4, 0.5) is 8.78 Å². The maximum absolute atomic E-state index is 13.7. The highest BCUT2D eigenvalue weighted by Crippen LogP contribution is 2.48. The predicted molar refractivity (Wildman–Crippen MR) is 96.4 cm³/mol. The number of hydrogen-bond donors (Lipinski definition) is 1. The fourth-order valence-electron chi connectivity index (χ4n) is 3.62. The lowest BCUT2D eigenvalue weighted by molar-refractivity contribution is -0.677. The summed E-state index contributed by atoms with van der Waals surface area (Å²) in [4.78, 5) is 13.1. The average Bonchev–Trinajstić information content (AvgIpc) is 3.34. The molecule has 2 aromatic rings. The minimum atomic E-state index is -2.85. The van der Waals surface area contributed by atoms with Gasteiger partial charge in [0.25, 0.3) is 5.82 Å². The van der Waals surface area contributed by atoms with Gasteiger partial charge in [0.15, 0.2) is 5.60 Å². The number of rotatable bonds is 7. The van der Waals surface area contributed by atoms with E-state index in [-0.39, 0.29) is 19.4 Å². The summed E-state index contributed by atoms with van der Waals surface area (Å²) in [6.07, 6.45) is 3.73. The molecular weight excluding hydrogens is 374 g/mol. The maximum atomic E-state index is 13.7. The molecule has 3 rings (SSSR count). The van der Waals surface area contributed by atoms with E-state index in [1.54, 1.807) is 17.5 Å². The highest BCUT2D eigenvalue weighted by molar-refractivity contribution is 7.10. The van der Waals surface area contributed by atoms with E-state index < -0.39 is 29.8 Å². The standard InChI is InChI=1S/C19H25F2N2O3S/c1-14-22(2)9-10-23(14)8-4-11-26-17(24)19(25,16-5-3-12-27-16)15-6-7-18(20,21)13-15/h3,5,9-10,12,15,25H,4,6-8,11,13H2,1-2H3/q+1. The van der Waals surface area contributed by atoms with Gasteiger partial charge in [-0.05, 0) is 17.9 Å². The van der Waals surface area contributed by atoms with E-state index in [2.05, 4.69) is 0 Å². The Balaban J connectivity index is 1.64. The van der Waals surface area contributed by atoms with E-state index in [4.69, 9.17) is 4.74 Å². The van der Waals surface area contributed by atoms with E-state index in [1.807, 2.05) is 35.5 Å². The van der Waals surface area contributed by atoms with Gasteiger partial charge in [0, 0.05) is 37.0 Å². The Morgan fingerprint density at radius 1 is 1.56 bits per heavy atom. The lowest BCUT2D eigenvalue weighted by Crippen LogP contribution is -2.43. The third-order valence-corrected chi connectivity index (χ3v) is 6.37. The normalized spacial score (nSPS) is 21.1. The number of halogens is 2. The first-order valence-corrected chi connectivity index (χ1v) is 9.95. The Morgan fingerprint density at radius 3 is 2.89 bits per heavy atom. The molecule has 1 aliphatic rings. The molecule has 8 heteroatoms. The molecule has 1 saturated carbocycles. The highest BCUT2D eigenvalue weighted by atomic mass is 32.1. The Morgan fingerprint density at radius 2 is 2.33 bits per heavy atom. The van der Waals surface area contributed by atoms with Crippen LogP contribution >= 0.6 is 11.3 Å². The van der Waals surface area contributed by atoms with Gasteiger partial charge in [-0.25, -0.2) is 22.7 Å². The third-order valence-electron chi connectivity index (χ3n) is 5.38. The van der Waals surface area contributed by atoms with Crippen molar-refractivity contribution in [1.82, 2.24) is 4.57 Å². The lowest BCUT2D eigenvalue weighted by atomic mass is 9.84. The van der Waals surface area contributed by atoms with Crippen LogP contribution in [0.1, 0.15) is 36.4 Å². The lowest BCUT2D eigenvalue weighted by Gasteiger charge is -2.30. The second-order valence-corrected chi connectivity index (χ2v) is 8.13. The Labute approximate surface area is 161 Å². The van der Waals surface area contributed by atoms with Gasteiger partial charge in [0.2, 0.25) is 5.92 Å². The van der Waals surface area contributed by atoms with Crippen LogP contribution in [0.3, 0.4) is 0 Å². The number of hydrogen-bond acceptors (Lipinski definition) is 4. The molecule has 0 saturated heterocycles. The summed E-state index contributed by atoms with van der Waals surface area (Å²) >= 11 is 1.18. The van der Waals surface area contributed by atoms with Crippen molar-refractivity contribution in [1.29, 1.82) is 0 Å². The second-order valence-electron chi connectivity index (χ2n) is 7.18. The minimum absolute atomic E-state index is 0.0928. The molecule has 1 fully saturated rings. The van der Waals surface area contributed by atoms with Crippen LogP contribution in [0, 0.1) is 12.8 Å². The topological polar surface area (TPSA) is 55.3 Å². The van der Waals surface area contributed by atoms with Crippen molar-refractivity contribution in [2.45, 2.75) is 50.7 Å². The van der Waals surface area contributed by atoms with Gasteiger partial charge in [-0.2, -0.15) is 0 Å². The number of ether oxygens (including phenoxy) is 1. The molecule has 0 radical (unpaired) electrons. The van der Waals surface area contributed by atoms with E-state index >= 15 is 0 Å². The van der Waals surface area contributed by atoms with Crippen LogP contribution in [0.2, 0.25) is 0 Å². The van der Waals surface area contributed by atoms with E-state index in [0.29, 0.717) is 17.8 Å². The molecular formula is C19H25F2N2O3S+. The van der Waals surface area contributed by atoms with Gasteiger partial charge in [-0.15, -0.1) is 11.3 Å². The van der Waals surface area contributed by atoms with Crippen molar-refractivity contribution in [3.8, 4) is 0 Å². The largest absolute Gasteiger partial charge is 0.463 e. The Hall–Kier alpha value is -1.80. The number of aliphatic hydroxyl groups is 1. The summed E-state index contributed by atoms with van der Waals surface area (Å²) in [5, 5.41) is 12.8. The molecule has 27 heavy (non-hydrogen) atoms. The van der Waals surface area contributed by atoms with Gasteiger partial charge >= 0.3 is 5.97 Å². The fourth-order valence-corrected chi connectivity index (χ4v) is 4.51. The first-order valence-electron chi connectivity index (χ1n) is 9.07. The fraction of sp³-hybridized carbons (Fsp3) is 0.579. The average molecular weight is 399 g/mol. The van der Waals surface area contributed by atoms with E-state index in [1.165, 1.54) is 11.3 Å². The molecule has 2 atom stereocenters. The van der Waals surface area contributed by atoms with Crippen LogP contribution < -0.4 is 4.57 Å². The monoisotopic (exact) mass is 399 g/mol. The van der Waals surface area contributed by atoms with Crippen molar-refractivity contribution < 1.29 is 28.0 Å². The number of imidazole rings is 1. The number of esters is 1. The molecule has 5 nitrogen and oxygen atoms in total. The molecule has 2 heterocycles. The SMILES string of the molecule is Cc1n(CCCOC(=O)C(O)(c2cccs2)C2CCC(F)(F)C2)cc[n+]1C. The summed E-state index contributed by atoms with van der Waals surface area (Å²) in [5.41, 5.74) is -2.01. The summed E-state index contributed by atoms with van der Waals surface area (Å²) < 4.78 is 36.8. The van der Waals surface area contributed by atoms with Gasteiger partial charge in [0.05, 0.1) is 20.2 Å². The number of carbonyl (C=O) groups is 1. The van der Waals surface area contributed by atoms with Crippen LogP contribution in [0.5, 0.6) is 0 Å². The van der Waals surface area contributed by atoms with Crippen molar-refractivity contribution in [2.24, 2.45) is 13.0 Å². The number of aryl methyl sites for hydroxylation is 2. The third kappa shape index (κ3) is 4.06. The van der Waals surface area contributed by atoms with Crippen molar-refractivity contribution in [3.05, 3.63) is 40.6 Å². The van der Waals surface area contributed by atoms with Crippen LogP contribution in [-0.4, -0.2) is 28.2 Å². The minimum Gasteiger partial charge on any atom is -0.463 e. The number of nitrogens with zero attached hydrogens (tertiary/aromatic N) is 2. The first kappa shape index (κ1) is 19.9. The summed E-state index contributed by atoms with van der Waals surface area (Å²) in [6, 6.07) is 3.30. The molecule has 2 aromatic heterocycles. The second kappa shape index (κ2) is 7.67. The van der Waals surface area contributed by atoms with Gasteiger partial charge < -0.3 is 9.84 Å². The molecule has 0 bridgehead atoms. The molecule has 0 spiro atoms. The first-order chi connectivity index (χ1) is 12.7. The Bertz CT molecular complexity index is 791. The summed E-state index contributed by atoms with van der Waals surface area (Å²) in [5.74, 6) is -3.45. The summed E-state index contributed by atoms with van der Waals surface area (Å²) in [6.45, 7) is 2.78. The summed E-state index contributed by atoms with van der Waals surface area (Å²) in [7, 11) is 1.95. The van der Waals surface area contributed by atoms with E-state index in [0.717, 1.165) is 5.82 Å². The Kier molecular flexibility index (Phi) is 5.67. The molecule has 1 aliphatic carbocycles. The number of aromatic nitrogens is 2. The zero-order chi connectivity index (χ0) is 19.7. The smallest absolute Gasteiger partial charge is 0.343 e. The number of thiophene rings is 1. The van der Waals surface area contributed by atoms with E-state index in [9.17, 15) is 18.7 Å². The quantitative estimate of drug-likeness (QED) is 0.443. The molecule has 0 amide bonds. The molecule has 1 N–H and O–H groups in total. The van der Waals surface area contributed by atoms with Crippen LogP contribution in [0.15, 0.2) is 29.9 Å². The van der Waals surface area contributed by atoms with Gasteiger partial charge in [-0.1, -0.05) is 6.07 Å². The molecule has 0 aliphatic heterocycles. The predicted octanol–water partition coefficient (Wildman–Crippen LogP) is 2.94. The highest BCUT2D eigenvalue weighted by Gasteiger charge is 2.55.